The van der Waals surface area contributed by atoms with Gasteiger partial charge in [0.05, 0.1) is 17.2 Å². The zero-order chi connectivity index (χ0) is 18.7. The van der Waals surface area contributed by atoms with Gasteiger partial charge in [-0.15, -0.1) is 0 Å². The van der Waals surface area contributed by atoms with Crippen molar-refractivity contribution in [3.8, 4) is 5.75 Å². The lowest BCUT2D eigenvalue weighted by Crippen LogP contribution is -2.01. The second kappa shape index (κ2) is 8.08. The van der Waals surface area contributed by atoms with Crippen LogP contribution in [0.1, 0.15) is 11.1 Å². The topological polar surface area (TPSA) is 47.9 Å². The predicted molar refractivity (Wildman–Crippen MR) is 108 cm³/mol. The fourth-order valence-corrected chi connectivity index (χ4v) is 3.02. The van der Waals surface area contributed by atoms with Crippen molar-refractivity contribution in [3.63, 3.8) is 0 Å². The summed E-state index contributed by atoms with van der Waals surface area (Å²) < 4.78 is 11.3. The Morgan fingerprint density at radius 2 is 1.96 bits per heavy atom. The van der Waals surface area contributed by atoms with E-state index in [9.17, 15) is 4.79 Å². The molecule has 0 saturated heterocycles. The van der Waals surface area contributed by atoms with Gasteiger partial charge in [0.15, 0.2) is 5.70 Å². The SMILES string of the molecule is COc1ccc(Br)cc1C=C1N=C(C=Cc2cccc(Cl)c2Cl)OC1=O. The molecule has 0 aliphatic carbocycles. The minimum atomic E-state index is -0.538. The molecule has 0 fully saturated rings. The number of ether oxygens (including phenoxy) is 2. The molecule has 0 bridgehead atoms. The Morgan fingerprint density at radius 1 is 1.15 bits per heavy atom. The highest BCUT2D eigenvalue weighted by Crippen LogP contribution is 2.28. The van der Waals surface area contributed by atoms with E-state index in [4.69, 9.17) is 32.7 Å². The van der Waals surface area contributed by atoms with E-state index in [1.807, 2.05) is 12.1 Å². The second-order valence-electron chi connectivity index (χ2n) is 5.23. The fraction of sp³-hybridized carbons (Fsp3) is 0.0526. The molecule has 1 aliphatic rings. The van der Waals surface area contributed by atoms with Crippen LogP contribution >= 0.6 is 39.1 Å². The molecule has 1 aliphatic heterocycles. The Labute approximate surface area is 168 Å². The van der Waals surface area contributed by atoms with Crippen LogP contribution in [0.5, 0.6) is 5.75 Å². The number of esters is 1. The Kier molecular flexibility index (Phi) is 5.81. The van der Waals surface area contributed by atoms with E-state index in [1.54, 1.807) is 49.6 Å². The molecule has 26 heavy (non-hydrogen) atoms. The molecule has 0 radical (unpaired) electrons. The Balaban J connectivity index is 1.89. The molecule has 0 saturated carbocycles. The van der Waals surface area contributed by atoms with E-state index in [0.717, 1.165) is 4.47 Å². The molecular weight excluding hydrogens is 441 g/mol. The van der Waals surface area contributed by atoms with E-state index in [1.165, 1.54) is 0 Å². The number of carbonyl (C=O) groups is 1. The van der Waals surface area contributed by atoms with Gasteiger partial charge >= 0.3 is 5.97 Å². The molecule has 0 aromatic heterocycles. The molecule has 0 spiro atoms. The lowest BCUT2D eigenvalue weighted by atomic mass is 10.1. The number of hydrogen-bond donors (Lipinski definition) is 0. The van der Waals surface area contributed by atoms with Crippen LogP contribution in [0.2, 0.25) is 10.0 Å². The van der Waals surface area contributed by atoms with Crippen molar-refractivity contribution in [2.24, 2.45) is 4.99 Å². The van der Waals surface area contributed by atoms with Gasteiger partial charge in [0.2, 0.25) is 5.90 Å². The highest BCUT2D eigenvalue weighted by Gasteiger charge is 2.22. The first-order chi connectivity index (χ1) is 12.5. The fourth-order valence-electron chi connectivity index (χ4n) is 2.27. The number of aliphatic imine (C=N–C) groups is 1. The maximum Gasteiger partial charge on any atom is 0.363 e. The molecule has 2 aromatic rings. The van der Waals surface area contributed by atoms with Crippen molar-refractivity contribution in [1.82, 2.24) is 0 Å². The minimum Gasteiger partial charge on any atom is -0.496 e. The summed E-state index contributed by atoms with van der Waals surface area (Å²) in [5.74, 6) is 0.258. The quantitative estimate of drug-likeness (QED) is 0.436. The third-order valence-electron chi connectivity index (χ3n) is 3.51. The number of cyclic esters (lactones) is 1. The third kappa shape index (κ3) is 4.18. The summed E-state index contributed by atoms with van der Waals surface area (Å²) in [5.41, 5.74) is 1.59. The summed E-state index contributed by atoms with van der Waals surface area (Å²) in [4.78, 5) is 16.3. The number of carbonyl (C=O) groups excluding carboxylic acids is 1. The Morgan fingerprint density at radius 3 is 2.73 bits per heavy atom. The number of halogens is 3. The van der Waals surface area contributed by atoms with E-state index < -0.39 is 5.97 Å². The first-order valence-corrected chi connectivity index (χ1v) is 9.01. The van der Waals surface area contributed by atoms with Crippen LogP contribution in [0.15, 0.2) is 57.6 Å². The number of methoxy groups -OCH3 is 1. The summed E-state index contributed by atoms with van der Waals surface area (Å²) in [6, 6.07) is 10.7. The molecule has 3 rings (SSSR count). The van der Waals surface area contributed by atoms with Crippen LogP contribution in [0.4, 0.5) is 0 Å². The van der Waals surface area contributed by atoms with Crippen molar-refractivity contribution in [1.29, 1.82) is 0 Å². The van der Waals surface area contributed by atoms with Gasteiger partial charge in [0.1, 0.15) is 5.75 Å². The summed E-state index contributed by atoms with van der Waals surface area (Å²) >= 11 is 15.5. The van der Waals surface area contributed by atoms with E-state index >= 15 is 0 Å². The van der Waals surface area contributed by atoms with Gasteiger partial charge in [-0.05, 0) is 42.0 Å². The Bertz CT molecular complexity index is 967. The van der Waals surface area contributed by atoms with Crippen molar-refractivity contribution in [2.75, 3.05) is 7.11 Å². The average molecular weight is 453 g/mol. The van der Waals surface area contributed by atoms with Crippen LogP contribution in [0.25, 0.3) is 12.2 Å². The average Bonchev–Trinajstić information content (AvgIpc) is 2.96. The van der Waals surface area contributed by atoms with Crippen molar-refractivity contribution in [3.05, 3.63) is 73.8 Å². The minimum absolute atomic E-state index is 0.172. The Hall–Kier alpha value is -2.08. The van der Waals surface area contributed by atoms with E-state index in [0.29, 0.717) is 26.9 Å². The zero-order valence-electron chi connectivity index (χ0n) is 13.5. The van der Waals surface area contributed by atoms with Crippen LogP contribution in [0, 0.1) is 0 Å². The lowest BCUT2D eigenvalue weighted by Gasteiger charge is -2.04. The molecule has 0 amide bonds. The lowest BCUT2D eigenvalue weighted by molar-refractivity contribution is -0.129. The highest BCUT2D eigenvalue weighted by molar-refractivity contribution is 9.10. The van der Waals surface area contributed by atoms with Gasteiger partial charge in [0, 0.05) is 16.1 Å². The summed E-state index contributed by atoms with van der Waals surface area (Å²) in [6.07, 6.45) is 4.86. The van der Waals surface area contributed by atoms with Gasteiger partial charge < -0.3 is 9.47 Å². The molecule has 0 atom stereocenters. The third-order valence-corrected chi connectivity index (χ3v) is 4.83. The van der Waals surface area contributed by atoms with E-state index in [2.05, 4.69) is 20.9 Å². The van der Waals surface area contributed by atoms with Crippen LogP contribution in [-0.2, 0) is 9.53 Å². The number of benzene rings is 2. The predicted octanol–water partition coefficient (Wildman–Crippen LogP) is 5.77. The molecular formula is C19H12BrCl2NO3. The molecule has 0 unspecified atom stereocenters. The molecule has 4 nitrogen and oxygen atoms in total. The van der Waals surface area contributed by atoms with Crippen molar-refractivity contribution in [2.45, 2.75) is 0 Å². The number of rotatable bonds is 4. The molecule has 1 heterocycles. The summed E-state index contributed by atoms with van der Waals surface area (Å²) in [7, 11) is 1.56. The molecule has 2 aromatic carbocycles. The monoisotopic (exact) mass is 451 g/mol. The standard InChI is InChI=1S/C19H12BrCl2NO3/c1-25-16-7-6-13(20)9-12(16)10-15-19(24)26-17(23-15)8-5-11-3-2-4-14(21)18(11)22/h2-10H,1H3. The van der Waals surface area contributed by atoms with Crippen molar-refractivity contribution >= 4 is 63.2 Å². The van der Waals surface area contributed by atoms with Crippen molar-refractivity contribution < 1.29 is 14.3 Å². The zero-order valence-corrected chi connectivity index (χ0v) is 16.6. The first-order valence-electron chi connectivity index (χ1n) is 7.46. The summed E-state index contributed by atoms with van der Waals surface area (Å²) in [5, 5.41) is 0.867. The smallest absolute Gasteiger partial charge is 0.363 e. The maximum atomic E-state index is 12.1. The molecule has 132 valence electrons. The van der Waals surface area contributed by atoms with Crippen LogP contribution < -0.4 is 4.74 Å². The number of nitrogens with zero attached hydrogens (tertiary/aromatic N) is 1. The molecule has 0 N–H and O–H groups in total. The van der Waals surface area contributed by atoms with Gasteiger partial charge in [-0.1, -0.05) is 51.3 Å². The second-order valence-corrected chi connectivity index (χ2v) is 6.93. The van der Waals surface area contributed by atoms with Gasteiger partial charge in [-0.3, -0.25) is 0 Å². The van der Waals surface area contributed by atoms with E-state index in [-0.39, 0.29) is 11.6 Å². The molecule has 7 heteroatoms. The number of hydrogen-bond acceptors (Lipinski definition) is 4. The van der Waals surface area contributed by atoms with Crippen LogP contribution in [0.3, 0.4) is 0 Å². The van der Waals surface area contributed by atoms with Gasteiger partial charge in [0.25, 0.3) is 0 Å². The first kappa shape index (κ1) is 18.7. The summed E-state index contributed by atoms with van der Waals surface area (Å²) in [6.45, 7) is 0. The maximum absolute atomic E-state index is 12.1. The van der Waals surface area contributed by atoms with Gasteiger partial charge in [-0.25, -0.2) is 9.79 Å². The normalized spacial score (nSPS) is 15.5. The largest absolute Gasteiger partial charge is 0.496 e. The van der Waals surface area contributed by atoms with Crippen LogP contribution in [-0.4, -0.2) is 19.0 Å². The highest BCUT2D eigenvalue weighted by atomic mass is 79.9. The van der Waals surface area contributed by atoms with Gasteiger partial charge in [-0.2, -0.15) is 0 Å².